The normalized spacial score (nSPS) is 9.83. The second kappa shape index (κ2) is 4.85. The van der Waals surface area contributed by atoms with E-state index >= 15 is 0 Å². The number of nitrogens with zero attached hydrogens (tertiary/aromatic N) is 4. The summed E-state index contributed by atoms with van der Waals surface area (Å²) in [6.45, 7) is 0. The Hall–Kier alpha value is -2.39. The van der Waals surface area contributed by atoms with Gasteiger partial charge < -0.3 is 0 Å². The molecule has 0 unspecified atom stereocenters. The molecule has 0 saturated carbocycles. The SMILES string of the molecule is CN(C(=O)c1cn[nH]c1C#N)c1ccc(Cl)cn1. The van der Waals surface area contributed by atoms with Gasteiger partial charge in [-0.2, -0.15) is 10.4 Å². The lowest BCUT2D eigenvalue weighted by Crippen LogP contribution is -2.27. The van der Waals surface area contributed by atoms with E-state index in [9.17, 15) is 4.79 Å². The number of anilines is 1. The molecule has 0 aliphatic carbocycles. The van der Waals surface area contributed by atoms with E-state index < -0.39 is 0 Å². The summed E-state index contributed by atoms with van der Waals surface area (Å²) < 4.78 is 0. The van der Waals surface area contributed by atoms with Crippen LogP contribution in [0, 0.1) is 11.3 Å². The third-order valence-corrected chi connectivity index (χ3v) is 2.57. The topological polar surface area (TPSA) is 85.7 Å². The molecule has 0 aromatic carbocycles. The molecule has 1 N–H and O–H groups in total. The van der Waals surface area contributed by atoms with Gasteiger partial charge in [-0.05, 0) is 12.1 Å². The first-order valence-electron chi connectivity index (χ1n) is 4.96. The van der Waals surface area contributed by atoms with E-state index in [0.717, 1.165) is 0 Å². The molecular weight excluding hydrogens is 254 g/mol. The Bertz CT molecular complexity index is 613. The summed E-state index contributed by atoms with van der Waals surface area (Å²) in [6, 6.07) is 5.12. The highest BCUT2D eigenvalue weighted by atomic mass is 35.5. The lowest BCUT2D eigenvalue weighted by Gasteiger charge is -2.15. The molecule has 0 radical (unpaired) electrons. The molecule has 18 heavy (non-hydrogen) atoms. The number of halogens is 1. The van der Waals surface area contributed by atoms with Gasteiger partial charge in [0.1, 0.15) is 17.6 Å². The van der Waals surface area contributed by atoms with E-state index in [1.165, 1.54) is 17.3 Å². The van der Waals surface area contributed by atoms with Gasteiger partial charge in [0.2, 0.25) is 0 Å². The monoisotopic (exact) mass is 261 g/mol. The van der Waals surface area contributed by atoms with Crippen molar-refractivity contribution < 1.29 is 4.79 Å². The maximum Gasteiger partial charge on any atom is 0.263 e. The molecule has 0 aliphatic heterocycles. The molecule has 90 valence electrons. The fraction of sp³-hybridized carbons (Fsp3) is 0.0909. The van der Waals surface area contributed by atoms with Crippen LogP contribution >= 0.6 is 11.6 Å². The van der Waals surface area contributed by atoms with E-state index in [0.29, 0.717) is 10.8 Å². The van der Waals surface area contributed by atoms with Crippen LogP contribution in [-0.2, 0) is 0 Å². The Morgan fingerprint density at radius 1 is 1.50 bits per heavy atom. The number of hydrogen-bond acceptors (Lipinski definition) is 4. The van der Waals surface area contributed by atoms with Gasteiger partial charge >= 0.3 is 0 Å². The van der Waals surface area contributed by atoms with Crippen LogP contribution in [0.1, 0.15) is 16.1 Å². The molecule has 0 bridgehead atoms. The van der Waals surface area contributed by atoms with Gasteiger partial charge in [0.25, 0.3) is 5.91 Å². The van der Waals surface area contributed by atoms with Crippen LogP contribution in [-0.4, -0.2) is 28.1 Å². The van der Waals surface area contributed by atoms with Crippen LogP contribution in [0.5, 0.6) is 0 Å². The molecule has 1 amide bonds. The van der Waals surface area contributed by atoms with E-state index in [-0.39, 0.29) is 17.2 Å². The van der Waals surface area contributed by atoms with E-state index in [1.54, 1.807) is 19.2 Å². The highest BCUT2D eigenvalue weighted by Gasteiger charge is 2.19. The molecule has 0 spiro atoms. The molecule has 7 heteroatoms. The van der Waals surface area contributed by atoms with Gasteiger partial charge in [0.05, 0.1) is 16.8 Å². The number of H-pyrrole nitrogens is 1. The number of rotatable bonds is 2. The number of hydrogen-bond donors (Lipinski definition) is 1. The van der Waals surface area contributed by atoms with Gasteiger partial charge in [-0.25, -0.2) is 4.98 Å². The van der Waals surface area contributed by atoms with E-state index in [2.05, 4.69) is 15.2 Å². The lowest BCUT2D eigenvalue weighted by molar-refractivity contribution is 0.0992. The van der Waals surface area contributed by atoms with Gasteiger partial charge in [-0.15, -0.1) is 0 Å². The molecule has 0 aliphatic rings. The van der Waals surface area contributed by atoms with Crippen LogP contribution < -0.4 is 4.90 Å². The summed E-state index contributed by atoms with van der Waals surface area (Å²) in [6.07, 6.45) is 2.76. The number of amides is 1. The zero-order valence-corrected chi connectivity index (χ0v) is 10.1. The fourth-order valence-corrected chi connectivity index (χ4v) is 1.50. The molecule has 6 nitrogen and oxygen atoms in total. The van der Waals surface area contributed by atoms with E-state index in [1.807, 2.05) is 6.07 Å². The van der Waals surface area contributed by atoms with Crippen molar-refractivity contribution in [2.24, 2.45) is 0 Å². The van der Waals surface area contributed by atoms with Crippen molar-refractivity contribution in [2.45, 2.75) is 0 Å². The molecule has 2 aromatic rings. The summed E-state index contributed by atoms with van der Waals surface area (Å²) in [4.78, 5) is 17.5. The van der Waals surface area contributed by atoms with Crippen LogP contribution in [0.2, 0.25) is 5.02 Å². The third-order valence-electron chi connectivity index (χ3n) is 2.34. The molecule has 2 heterocycles. The third kappa shape index (κ3) is 2.17. The van der Waals surface area contributed by atoms with Crippen molar-refractivity contribution in [1.82, 2.24) is 15.2 Å². The Morgan fingerprint density at radius 3 is 2.89 bits per heavy atom. The van der Waals surface area contributed by atoms with Crippen LogP contribution in [0.25, 0.3) is 0 Å². The quantitative estimate of drug-likeness (QED) is 0.890. The van der Waals surface area contributed by atoms with Gasteiger partial charge in [0.15, 0.2) is 0 Å². The number of carbonyl (C=O) groups is 1. The Morgan fingerprint density at radius 2 is 2.28 bits per heavy atom. The lowest BCUT2D eigenvalue weighted by atomic mass is 10.2. The Kier molecular flexibility index (Phi) is 3.26. The molecule has 0 fully saturated rings. The van der Waals surface area contributed by atoms with Crippen molar-refractivity contribution in [2.75, 3.05) is 11.9 Å². The minimum absolute atomic E-state index is 0.126. The maximum atomic E-state index is 12.1. The number of nitrogens with one attached hydrogen (secondary N) is 1. The number of pyridine rings is 1. The van der Waals surface area contributed by atoms with Crippen LogP contribution in [0.4, 0.5) is 5.82 Å². The second-order valence-corrected chi connectivity index (χ2v) is 3.91. The summed E-state index contributed by atoms with van der Waals surface area (Å²) >= 11 is 5.72. The van der Waals surface area contributed by atoms with E-state index in [4.69, 9.17) is 16.9 Å². The predicted molar refractivity (Wildman–Crippen MR) is 65.3 cm³/mol. The van der Waals surface area contributed by atoms with Gasteiger partial charge in [-0.3, -0.25) is 14.8 Å². The van der Waals surface area contributed by atoms with Crippen molar-refractivity contribution in [1.29, 1.82) is 5.26 Å². The maximum absolute atomic E-state index is 12.1. The number of aromatic nitrogens is 3. The zero-order chi connectivity index (χ0) is 13.1. The minimum Gasteiger partial charge on any atom is -0.296 e. The minimum atomic E-state index is -0.366. The first-order valence-corrected chi connectivity index (χ1v) is 5.34. The van der Waals surface area contributed by atoms with Crippen molar-refractivity contribution in [3.05, 3.63) is 40.8 Å². The molecular formula is C11H8ClN5O. The largest absolute Gasteiger partial charge is 0.296 e. The Labute approximate surface area is 108 Å². The smallest absolute Gasteiger partial charge is 0.263 e. The van der Waals surface area contributed by atoms with Crippen LogP contribution in [0.15, 0.2) is 24.5 Å². The Balaban J connectivity index is 2.30. The summed E-state index contributed by atoms with van der Waals surface area (Å²) in [5.41, 5.74) is 0.331. The van der Waals surface area contributed by atoms with Crippen molar-refractivity contribution in [3.8, 4) is 6.07 Å². The average molecular weight is 262 g/mol. The van der Waals surface area contributed by atoms with Gasteiger partial charge in [-0.1, -0.05) is 11.6 Å². The first kappa shape index (κ1) is 12.1. The number of nitriles is 1. The first-order chi connectivity index (χ1) is 8.63. The zero-order valence-electron chi connectivity index (χ0n) is 9.38. The molecule has 2 rings (SSSR count). The number of carbonyl (C=O) groups excluding carboxylic acids is 1. The highest BCUT2D eigenvalue weighted by Crippen LogP contribution is 2.16. The summed E-state index contributed by atoms with van der Waals surface area (Å²) in [5, 5.41) is 15.4. The fourth-order valence-electron chi connectivity index (χ4n) is 1.38. The summed E-state index contributed by atoms with van der Waals surface area (Å²) in [5.74, 6) is 0.0737. The second-order valence-electron chi connectivity index (χ2n) is 3.47. The predicted octanol–water partition coefficient (Wildman–Crippen LogP) is 1.61. The van der Waals surface area contributed by atoms with Crippen molar-refractivity contribution in [3.63, 3.8) is 0 Å². The average Bonchev–Trinajstić information content (AvgIpc) is 2.86. The standard InChI is InChI=1S/C11H8ClN5O/c1-17(10-3-2-7(12)5-14-10)11(18)8-6-15-16-9(8)4-13/h2-3,5-6H,1H3,(H,15,16). The summed E-state index contributed by atoms with van der Waals surface area (Å²) in [7, 11) is 1.56. The number of aromatic amines is 1. The molecule has 0 atom stereocenters. The molecule has 2 aromatic heterocycles. The van der Waals surface area contributed by atoms with Gasteiger partial charge in [0, 0.05) is 13.2 Å². The highest BCUT2D eigenvalue weighted by molar-refractivity contribution is 6.30. The molecule has 0 saturated heterocycles. The van der Waals surface area contributed by atoms with Crippen molar-refractivity contribution >= 4 is 23.3 Å². The van der Waals surface area contributed by atoms with Crippen LogP contribution in [0.3, 0.4) is 0 Å².